The molecule has 21 heavy (non-hydrogen) atoms. The molecule has 0 amide bonds. The van der Waals surface area contributed by atoms with Crippen LogP contribution in [-0.2, 0) is 0 Å². The zero-order chi connectivity index (χ0) is 15.2. The summed E-state index contributed by atoms with van der Waals surface area (Å²) in [4.78, 5) is 11.4. The van der Waals surface area contributed by atoms with Crippen molar-refractivity contribution < 1.29 is 9.31 Å². The van der Waals surface area contributed by atoms with Gasteiger partial charge in [0.2, 0.25) is 0 Å². The van der Waals surface area contributed by atoms with Gasteiger partial charge in [-0.3, -0.25) is 10.1 Å². The number of thioether (sulfide) groups is 1. The van der Waals surface area contributed by atoms with Crippen molar-refractivity contribution in [2.75, 3.05) is 17.6 Å². The van der Waals surface area contributed by atoms with E-state index in [0.29, 0.717) is 12.3 Å². The van der Waals surface area contributed by atoms with Crippen molar-refractivity contribution in [3.05, 3.63) is 63.4 Å². The Balaban J connectivity index is 1.96. The van der Waals surface area contributed by atoms with E-state index in [1.54, 1.807) is 11.8 Å². The Bertz CT molecular complexity index is 640. The van der Waals surface area contributed by atoms with Gasteiger partial charge in [0.15, 0.2) is 0 Å². The number of hydrogen-bond acceptors (Lipinski definition) is 4. The first-order valence-corrected chi connectivity index (χ1v) is 7.49. The Morgan fingerprint density at radius 3 is 2.67 bits per heavy atom. The van der Waals surface area contributed by atoms with E-state index in [2.05, 4.69) is 5.32 Å². The number of anilines is 1. The molecule has 4 nitrogen and oxygen atoms in total. The monoisotopic (exact) mass is 326 g/mol. The standard InChI is InChI=1S/C14H12ClFN2O2S/c15-11-8-14(18(19)20)13(9-12(11)16)17-6-7-21-10-4-2-1-3-5-10/h1-5,8-9,17H,6-7H2. The second kappa shape index (κ2) is 7.28. The molecule has 0 fully saturated rings. The molecule has 0 spiro atoms. The molecule has 0 saturated carbocycles. The molecule has 0 saturated heterocycles. The lowest BCUT2D eigenvalue weighted by atomic mass is 10.2. The number of rotatable bonds is 6. The largest absolute Gasteiger partial charge is 0.379 e. The molecule has 1 N–H and O–H groups in total. The summed E-state index contributed by atoms with van der Waals surface area (Å²) < 4.78 is 13.4. The molecule has 0 aliphatic heterocycles. The summed E-state index contributed by atoms with van der Waals surface area (Å²) in [6.07, 6.45) is 0. The van der Waals surface area contributed by atoms with Crippen LogP contribution >= 0.6 is 23.4 Å². The third-order valence-electron chi connectivity index (χ3n) is 2.66. The zero-order valence-electron chi connectivity index (χ0n) is 10.9. The molecule has 7 heteroatoms. The van der Waals surface area contributed by atoms with E-state index in [1.165, 1.54) is 0 Å². The molecule has 2 aromatic rings. The number of nitrogens with zero attached hydrogens (tertiary/aromatic N) is 1. The SMILES string of the molecule is O=[N+]([O-])c1cc(Cl)c(F)cc1NCCSc1ccccc1. The average molecular weight is 327 g/mol. The van der Waals surface area contributed by atoms with Crippen LogP contribution in [0.1, 0.15) is 0 Å². The molecular weight excluding hydrogens is 315 g/mol. The molecule has 0 aliphatic rings. The summed E-state index contributed by atoms with van der Waals surface area (Å²) in [6, 6.07) is 11.8. The van der Waals surface area contributed by atoms with Gasteiger partial charge in [-0.2, -0.15) is 0 Å². The molecule has 0 aliphatic carbocycles. The minimum absolute atomic E-state index is 0.135. The molecular formula is C14H12ClFN2O2S. The van der Waals surface area contributed by atoms with Crippen molar-refractivity contribution in [1.82, 2.24) is 0 Å². The summed E-state index contributed by atoms with van der Waals surface area (Å²) in [7, 11) is 0. The van der Waals surface area contributed by atoms with Gasteiger partial charge in [0.1, 0.15) is 11.5 Å². The Kier molecular flexibility index (Phi) is 5.41. The van der Waals surface area contributed by atoms with Crippen molar-refractivity contribution in [1.29, 1.82) is 0 Å². The summed E-state index contributed by atoms with van der Waals surface area (Å²) in [5, 5.41) is 13.5. The Morgan fingerprint density at radius 1 is 1.29 bits per heavy atom. The summed E-state index contributed by atoms with van der Waals surface area (Å²) in [6.45, 7) is 0.474. The summed E-state index contributed by atoms with van der Waals surface area (Å²) in [5.41, 5.74) is -0.0957. The van der Waals surface area contributed by atoms with Crippen LogP contribution in [0.25, 0.3) is 0 Å². The highest BCUT2D eigenvalue weighted by atomic mass is 35.5. The maximum Gasteiger partial charge on any atom is 0.294 e. The van der Waals surface area contributed by atoms with E-state index in [9.17, 15) is 14.5 Å². The molecule has 0 aromatic heterocycles. The maximum atomic E-state index is 13.4. The molecule has 2 rings (SSSR count). The second-order valence-corrected chi connectivity index (χ2v) is 5.70. The Labute approximate surface area is 130 Å². The van der Waals surface area contributed by atoms with Gasteiger partial charge in [-0.15, -0.1) is 11.8 Å². The highest BCUT2D eigenvalue weighted by Crippen LogP contribution is 2.30. The molecule has 0 unspecified atom stereocenters. The molecule has 0 atom stereocenters. The molecule has 110 valence electrons. The first-order valence-electron chi connectivity index (χ1n) is 6.13. The van der Waals surface area contributed by atoms with Crippen molar-refractivity contribution in [3.8, 4) is 0 Å². The van der Waals surface area contributed by atoms with Crippen molar-refractivity contribution in [2.24, 2.45) is 0 Å². The number of nitro groups is 1. The molecule has 0 heterocycles. The van der Waals surface area contributed by atoms with Crippen molar-refractivity contribution >= 4 is 34.7 Å². The van der Waals surface area contributed by atoms with Crippen molar-refractivity contribution in [3.63, 3.8) is 0 Å². The smallest absolute Gasteiger partial charge is 0.294 e. The minimum atomic E-state index is -0.680. The lowest BCUT2D eigenvalue weighted by molar-refractivity contribution is -0.384. The fraction of sp³-hybridized carbons (Fsp3) is 0.143. The number of benzene rings is 2. The highest BCUT2D eigenvalue weighted by molar-refractivity contribution is 7.99. The number of hydrogen-bond donors (Lipinski definition) is 1. The van der Waals surface area contributed by atoms with Gasteiger partial charge in [-0.05, 0) is 12.1 Å². The van der Waals surface area contributed by atoms with Gasteiger partial charge in [0.05, 0.1) is 9.95 Å². The fourth-order valence-electron chi connectivity index (χ4n) is 1.70. The Morgan fingerprint density at radius 2 is 2.00 bits per heavy atom. The number of nitrogens with one attached hydrogen (secondary N) is 1. The van der Waals surface area contributed by atoms with Crippen molar-refractivity contribution in [2.45, 2.75) is 4.90 Å². The number of nitro benzene ring substituents is 1. The lowest BCUT2D eigenvalue weighted by Crippen LogP contribution is -2.07. The minimum Gasteiger partial charge on any atom is -0.379 e. The van der Waals surface area contributed by atoms with E-state index in [1.807, 2.05) is 30.3 Å². The highest BCUT2D eigenvalue weighted by Gasteiger charge is 2.17. The van der Waals surface area contributed by atoms with E-state index in [4.69, 9.17) is 11.6 Å². The topological polar surface area (TPSA) is 55.2 Å². The molecule has 0 radical (unpaired) electrons. The van der Waals surface area contributed by atoms with Gasteiger partial charge < -0.3 is 5.32 Å². The van der Waals surface area contributed by atoms with Crippen LogP contribution in [0.15, 0.2) is 47.4 Å². The number of halogens is 2. The van der Waals surface area contributed by atoms with Crippen LogP contribution < -0.4 is 5.32 Å². The average Bonchev–Trinajstić information content (AvgIpc) is 2.47. The van der Waals surface area contributed by atoms with Crippen LogP contribution in [0.5, 0.6) is 0 Å². The van der Waals surface area contributed by atoms with E-state index >= 15 is 0 Å². The first-order chi connectivity index (χ1) is 10.1. The van der Waals surface area contributed by atoms with Gasteiger partial charge in [-0.1, -0.05) is 29.8 Å². The van der Waals surface area contributed by atoms with E-state index in [-0.39, 0.29) is 16.4 Å². The second-order valence-electron chi connectivity index (χ2n) is 4.13. The third-order valence-corrected chi connectivity index (χ3v) is 3.97. The lowest BCUT2D eigenvalue weighted by Gasteiger charge is -2.08. The first kappa shape index (κ1) is 15.6. The van der Waals surface area contributed by atoms with Crippen LogP contribution in [0.2, 0.25) is 5.02 Å². The van der Waals surface area contributed by atoms with Crippen LogP contribution in [0.4, 0.5) is 15.8 Å². The van der Waals surface area contributed by atoms with Gasteiger partial charge in [-0.25, -0.2) is 4.39 Å². The normalized spacial score (nSPS) is 10.4. The molecule has 2 aromatic carbocycles. The quantitative estimate of drug-likeness (QED) is 0.365. The van der Waals surface area contributed by atoms with Crippen LogP contribution in [-0.4, -0.2) is 17.2 Å². The van der Waals surface area contributed by atoms with Crippen LogP contribution in [0, 0.1) is 15.9 Å². The van der Waals surface area contributed by atoms with Gasteiger partial charge in [0, 0.05) is 29.3 Å². The van der Waals surface area contributed by atoms with Crippen LogP contribution in [0.3, 0.4) is 0 Å². The maximum absolute atomic E-state index is 13.4. The summed E-state index contributed by atoms with van der Waals surface area (Å²) in [5.74, 6) is 0.0197. The zero-order valence-corrected chi connectivity index (χ0v) is 12.5. The third kappa shape index (κ3) is 4.34. The van der Waals surface area contributed by atoms with Gasteiger partial charge >= 0.3 is 0 Å². The predicted molar refractivity (Wildman–Crippen MR) is 83.7 cm³/mol. The predicted octanol–water partition coefficient (Wildman–Crippen LogP) is 4.59. The van der Waals surface area contributed by atoms with Gasteiger partial charge in [0.25, 0.3) is 5.69 Å². The fourth-order valence-corrected chi connectivity index (χ4v) is 2.65. The summed E-state index contributed by atoms with van der Waals surface area (Å²) >= 11 is 7.17. The van der Waals surface area contributed by atoms with E-state index < -0.39 is 10.7 Å². The van der Waals surface area contributed by atoms with E-state index in [0.717, 1.165) is 17.0 Å². The molecule has 0 bridgehead atoms. The Hall–Kier alpha value is -1.79.